The zero-order valence-corrected chi connectivity index (χ0v) is 9.46. The summed E-state index contributed by atoms with van der Waals surface area (Å²) in [6.45, 7) is 6.09. The van der Waals surface area contributed by atoms with E-state index in [4.69, 9.17) is 9.84 Å². The van der Waals surface area contributed by atoms with E-state index in [1.54, 1.807) is 6.92 Å². The monoisotopic (exact) mass is 203 g/mol. The van der Waals surface area contributed by atoms with Gasteiger partial charge in [0, 0.05) is 20.3 Å². The van der Waals surface area contributed by atoms with Gasteiger partial charge in [0.05, 0.1) is 0 Å². The molecular weight excluding hydrogens is 182 g/mol. The first-order valence-electron chi connectivity index (χ1n) is 4.94. The smallest absolute Gasteiger partial charge is 0.251 e. The van der Waals surface area contributed by atoms with Crippen molar-refractivity contribution in [3.05, 3.63) is 0 Å². The van der Waals surface area contributed by atoms with Crippen LogP contribution in [-0.2, 0) is 9.53 Å². The molecule has 0 spiro atoms. The number of nitrogens with one attached hydrogen (secondary N) is 1. The summed E-state index contributed by atoms with van der Waals surface area (Å²) < 4.78 is 5.14. The topological polar surface area (TPSA) is 58.6 Å². The molecule has 0 saturated carbocycles. The van der Waals surface area contributed by atoms with Crippen LogP contribution in [0.1, 0.15) is 27.2 Å². The Bertz CT molecular complexity index is 178. The fourth-order valence-electron chi connectivity index (χ4n) is 0.916. The minimum absolute atomic E-state index is 0.0795. The molecule has 0 aliphatic heterocycles. The number of carbonyl (C=O) groups is 1. The van der Waals surface area contributed by atoms with Crippen molar-refractivity contribution in [2.24, 2.45) is 5.92 Å². The van der Waals surface area contributed by atoms with Crippen molar-refractivity contribution in [3.63, 3.8) is 0 Å². The van der Waals surface area contributed by atoms with Crippen LogP contribution in [0.2, 0.25) is 0 Å². The van der Waals surface area contributed by atoms with Crippen LogP contribution in [0.5, 0.6) is 0 Å². The van der Waals surface area contributed by atoms with E-state index in [0.29, 0.717) is 13.0 Å². The molecule has 0 aromatic rings. The van der Waals surface area contributed by atoms with Gasteiger partial charge in [-0.1, -0.05) is 13.8 Å². The molecule has 0 fully saturated rings. The number of hydrogen-bond acceptors (Lipinski definition) is 3. The summed E-state index contributed by atoms with van der Waals surface area (Å²) >= 11 is 0. The normalized spacial score (nSPS) is 17.2. The standard InChI is InChI=1S/C10H21NO3/c1-5-10(3,14-4)9(13)11-6-8(2)7-12/h8,12H,5-7H2,1-4H3,(H,11,13). The van der Waals surface area contributed by atoms with Crippen LogP contribution < -0.4 is 5.32 Å². The second kappa shape index (κ2) is 5.98. The van der Waals surface area contributed by atoms with E-state index < -0.39 is 5.60 Å². The van der Waals surface area contributed by atoms with Crippen LogP contribution in [0.4, 0.5) is 0 Å². The van der Waals surface area contributed by atoms with Crippen LogP contribution in [0, 0.1) is 5.92 Å². The third-order valence-electron chi connectivity index (χ3n) is 2.53. The van der Waals surface area contributed by atoms with Crippen molar-refractivity contribution in [1.82, 2.24) is 5.32 Å². The predicted octanol–water partition coefficient (Wildman–Crippen LogP) is 0.546. The Hall–Kier alpha value is -0.610. The van der Waals surface area contributed by atoms with Gasteiger partial charge in [-0.2, -0.15) is 0 Å². The zero-order valence-electron chi connectivity index (χ0n) is 9.46. The van der Waals surface area contributed by atoms with Gasteiger partial charge in [0.2, 0.25) is 0 Å². The molecular formula is C10H21NO3. The third kappa shape index (κ3) is 3.64. The summed E-state index contributed by atoms with van der Waals surface area (Å²) in [5.41, 5.74) is -0.755. The molecule has 0 aliphatic rings. The Labute approximate surface area is 85.6 Å². The average Bonchev–Trinajstić information content (AvgIpc) is 2.23. The van der Waals surface area contributed by atoms with Crippen LogP contribution >= 0.6 is 0 Å². The van der Waals surface area contributed by atoms with Crippen molar-refractivity contribution < 1.29 is 14.6 Å². The lowest BCUT2D eigenvalue weighted by atomic mass is 10.0. The summed E-state index contributed by atoms with van der Waals surface area (Å²) in [5.74, 6) is -0.0419. The highest BCUT2D eigenvalue weighted by Crippen LogP contribution is 2.13. The number of aliphatic hydroxyl groups is 1. The van der Waals surface area contributed by atoms with Crippen molar-refractivity contribution >= 4 is 5.91 Å². The molecule has 0 heterocycles. The van der Waals surface area contributed by atoms with E-state index in [0.717, 1.165) is 0 Å². The first kappa shape index (κ1) is 13.4. The van der Waals surface area contributed by atoms with Crippen LogP contribution in [0.3, 0.4) is 0 Å². The molecule has 0 aliphatic carbocycles. The minimum Gasteiger partial charge on any atom is -0.396 e. The largest absolute Gasteiger partial charge is 0.396 e. The fraction of sp³-hybridized carbons (Fsp3) is 0.900. The quantitative estimate of drug-likeness (QED) is 0.662. The number of ether oxygens (including phenoxy) is 1. The van der Waals surface area contributed by atoms with Crippen molar-refractivity contribution in [2.45, 2.75) is 32.8 Å². The molecule has 1 amide bonds. The van der Waals surface area contributed by atoms with E-state index in [9.17, 15) is 4.79 Å². The molecule has 2 unspecified atom stereocenters. The second-order valence-corrected chi connectivity index (χ2v) is 3.79. The SMILES string of the molecule is CCC(C)(OC)C(=O)NCC(C)CO. The van der Waals surface area contributed by atoms with Gasteiger partial charge in [0.25, 0.3) is 5.91 Å². The average molecular weight is 203 g/mol. The lowest BCUT2D eigenvalue weighted by Gasteiger charge is -2.25. The number of aliphatic hydroxyl groups excluding tert-OH is 1. The molecule has 0 rings (SSSR count). The number of rotatable bonds is 6. The first-order chi connectivity index (χ1) is 6.50. The summed E-state index contributed by atoms with van der Waals surface area (Å²) in [6.07, 6.45) is 0.628. The minimum atomic E-state index is -0.755. The zero-order chi connectivity index (χ0) is 11.2. The molecule has 84 valence electrons. The van der Waals surface area contributed by atoms with Crippen molar-refractivity contribution in [3.8, 4) is 0 Å². The maximum atomic E-state index is 11.6. The van der Waals surface area contributed by atoms with Gasteiger partial charge in [0.1, 0.15) is 5.60 Å². The number of hydrogen-bond donors (Lipinski definition) is 2. The molecule has 4 heteroatoms. The predicted molar refractivity (Wildman–Crippen MR) is 55.0 cm³/mol. The Morgan fingerprint density at radius 2 is 2.21 bits per heavy atom. The van der Waals surface area contributed by atoms with Gasteiger partial charge >= 0.3 is 0 Å². The number of carbonyl (C=O) groups excluding carboxylic acids is 1. The second-order valence-electron chi connectivity index (χ2n) is 3.79. The highest BCUT2D eigenvalue weighted by molar-refractivity contribution is 5.84. The highest BCUT2D eigenvalue weighted by Gasteiger charge is 2.30. The number of amides is 1. The van der Waals surface area contributed by atoms with Gasteiger partial charge in [-0.25, -0.2) is 0 Å². The van der Waals surface area contributed by atoms with E-state index >= 15 is 0 Å². The Morgan fingerprint density at radius 3 is 2.57 bits per heavy atom. The molecule has 2 atom stereocenters. The summed E-state index contributed by atoms with van der Waals surface area (Å²) in [6, 6.07) is 0. The van der Waals surface area contributed by atoms with Gasteiger partial charge in [-0.3, -0.25) is 4.79 Å². The van der Waals surface area contributed by atoms with E-state index in [1.807, 2.05) is 13.8 Å². The van der Waals surface area contributed by atoms with Crippen LogP contribution in [-0.4, -0.2) is 36.9 Å². The molecule has 0 aromatic heterocycles. The Kier molecular flexibility index (Phi) is 5.72. The van der Waals surface area contributed by atoms with E-state index in [1.165, 1.54) is 7.11 Å². The molecule has 0 bridgehead atoms. The van der Waals surface area contributed by atoms with Gasteiger partial charge in [-0.15, -0.1) is 0 Å². The van der Waals surface area contributed by atoms with E-state index in [-0.39, 0.29) is 18.4 Å². The number of methoxy groups -OCH3 is 1. The fourth-order valence-corrected chi connectivity index (χ4v) is 0.916. The maximum absolute atomic E-state index is 11.6. The van der Waals surface area contributed by atoms with Gasteiger partial charge in [-0.05, 0) is 19.3 Å². The van der Waals surface area contributed by atoms with Crippen LogP contribution in [0.15, 0.2) is 0 Å². The van der Waals surface area contributed by atoms with Crippen molar-refractivity contribution in [1.29, 1.82) is 0 Å². The maximum Gasteiger partial charge on any atom is 0.251 e. The molecule has 14 heavy (non-hydrogen) atoms. The van der Waals surface area contributed by atoms with Gasteiger partial charge < -0.3 is 15.2 Å². The first-order valence-corrected chi connectivity index (χ1v) is 4.94. The lowest BCUT2D eigenvalue weighted by molar-refractivity contribution is -0.142. The van der Waals surface area contributed by atoms with E-state index in [2.05, 4.69) is 5.32 Å². The summed E-state index contributed by atoms with van der Waals surface area (Å²) in [4.78, 5) is 11.6. The molecule has 0 radical (unpaired) electrons. The molecule has 0 saturated heterocycles. The Morgan fingerprint density at radius 1 is 1.64 bits per heavy atom. The van der Waals surface area contributed by atoms with Crippen molar-refractivity contribution in [2.75, 3.05) is 20.3 Å². The lowest BCUT2D eigenvalue weighted by Crippen LogP contribution is -2.46. The van der Waals surface area contributed by atoms with Gasteiger partial charge in [0.15, 0.2) is 0 Å². The summed E-state index contributed by atoms with van der Waals surface area (Å²) in [5, 5.41) is 11.5. The van der Waals surface area contributed by atoms with Crippen LogP contribution in [0.25, 0.3) is 0 Å². The summed E-state index contributed by atoms with van der Waals surface area (Å²) in [7, 11) is 1.53. The molecule has 0 aromatic carbocycles. The molecule has 4 nitrogen and oxygen atoms in total. The Balaban J connectivity index is 4.06. The highest BCUT2D eigenvalue weighted by atomic mass is 16.5. The third-order valence-corrected chi connectivity index (χ3v) is 2.53. The molecule has 2 N–H and O–H groups in total.